The molecule has 5 heteroatoms. The van der Waals surface area contributed by atoms with Crippen molar-refractivity contribution in [2.45, 2.75) is 32.7 Å². The molecule has 2 aromatic rings. The molecule has 0 saturated carbocycles. The smallest absolute Gasteiger partial charge is 0.182 e. The van der Waals surface area contributed by atoms with Crippen LogP contribution in [-0.2, 0) is 6.42 Å². The average molecular weight is 278 g/mol. The van der Waals surface area contributed by atoms with Crippen LogP contribution in [0, 0.1) is 0 Å². The molecule has 2 aromatic heterocycles. The molecule has 2 rings (SSSR count). The van der Waals surface area contributed by atoms with Gasteiger partial charge >= 0.3 is 0 Å². The van der Waals surface area contributed by atoms with Gasteiger partial charge < -0.3 is 0 Å². The average Bonchev–Trinajstić information content (AvgIpc) is 2.79. The van der Waals surface area contributed by atoms with Crippen molar-refractivity contribution in [3.63, 3.8) is 0 Å². The molecule has 4 nitrogen and oxygen atoms in total. The fraction of sp³-hybridized carbons (Fsp3) is 0.357. The van der Waals surface area contributed by atoms with Crippen molar-refractivity contribution in [2.24, 2.45) is 0 Å². The second-order valence-electron chi connectivity index (χ2n) is 4.62. The first-order valence-electron chi connectivity index (χ1n) is 6.25. The Bertz CT molecular complexity index is 563. The van der Waals surface area contributed by atoms with E-state index in [0.717, 1.165) is 5.69 Å². The first kappa shape index (κ1) is 13.7. The molecule has 0 atom stereocenters. The number of aryl methyl sites for hydroxylation is 1. The van der Waals surface area contributed by atoms with Crippen molar-refractivity contribution in [3.05, 3.63) is 47.0 Å². The Kier molecular flexibility index (Phi) is 4.32. The van der Waals surface area contributed by atoms with Crippen LogP contribution in [-0.4, -0.2) is 20.5 Å². The molecule has 0 aliphatic rings. The van der Waals surface area contributed by atoms with Crippen molar-refractivity contribution in [3.8, 4) is 0 Å². The predicted octanol–water partition coefficient (Wildman–Crippen LogP) is 3.33. The van der Waals surface area contributed by atoms with Gasteiger partial charge in [0.25, 0.3) is 0 Å². The molecule has 100 valence electrons. The second kappa shape index (κ2) is 5.97. The van der Waals surface area contributed by atoms with Gasteiger partial charge in [-0.05, 0) is 32.4 Å². The van der Waals surface area contributed by atoms with Crippen LogP contribution in [0.2, 0.25) is 5.02 Å². The maximum atomic E-state index is 12.3. The number of ketones is 1. The van der Waals surface area contributed by atoms with Crippen LogP contribution < -0.4 is 0 Å². The van der Waals surface area contributed by atoms with Gasteiger partial charge in [0.15, 0.2) is 5.78 Å². The Hall–Kier alpha value is -1.68. The van der Waals surface area contributed by atoms with Gasteiger partial charge in [-0.25, -0.2) is 0 Å². The highest BCUT2D eigenvalue weighted by atomic mass is 35.5. The number of nitrogens with zero attached hydrogens (tertiary/aromatic N) is 3. The number of pyridine rings is 1. The topological polar surface area (TPSA) is 47.8 Å². The monoisotopic (exact) mass is 277 g/mol. The maximum Gasteiger partial charge on any atom is 0.182 e. The number of carbonyl (C=O) groups excluding carboxylic acids is 1. The zero-order valence-corrected chi connectivity index (χ0v) is 11.8. The molecule has 0 N–H and O–H groups in total. The Morgan fingerprint density at radius 1 is 1.42 bits per heavy atom. The molecule has 0 unspecified atom stereocenters. The zero-order chi connectivity index (χ0) is 13.8. The SMILES string of the molecule is CC(C)n1ncc(Cl)c1C(=O)CCc1ccccn1. The first-order valence-corrected chi connectivity index (χ1v) is 6.63. The summed E-state index contributed by atoms with van der Waals surface area (Å²) in [6.07, 6.45) is 4.25. The van der Waals surface area contributed by atoms with Crippen LogP contribution in [0.25, 0.3) is 0 Å². The van der Waals surface area contributed by atoms with E-state index in [2.05, 4.69) is 10.1 Å². The largest absolute Gasteiger partial charge is 0.292 e. The minimum atomic E-state index is 0.00172. The van der Waals surface area contributed by atoms with Crippen molar-refractivity contribution in [1.82, 2.24) is 14.8 Å². The standard InChI is InChI=1S/C14H16ClN3O/c1-10(2)18-14(12(15)9-17-18)13(19)7-6-11-5-3-4-8-16-11/h3-5,8-10H,6-7H2,1-2H3. The van der Waals surface area contributed by atoms with E-state index >= 15 is 0 Å². The fourth-order valence-corrected chi connectivity index (χ4v) is 2.14. The minimum absolute atomic E-state index is 0.00172. The normalized spacial score (nSPS) is 10.9. The lowest BCUT2D eigenvalue weighted by Gasteiger charge is -2.10. The van der Waals surface area contributed by atoms with E-state index in [-0.39, 0.29) is 11.8 Å². The number of Topliss-reactive ketones (excluding diaryl/α,β-unsaturated/α-hetero) is 1. The number of aromatic nitrogens is 3. The molecule has 2 heterocycles. The van der Waals surface area contributed by atoms with Gasteiger partial charge in [-0.15, -0.1) is 0 Å². The van der Waals surface area contributed by atoms with Gasteiger partial charge in [-0.1, -0.05) is 17.7 Å². The second-order valence-corrected chi connectivity index (χ2v) is 5.03. The Balaban J connectivity index is 2.10. The summed E-state index contributed by atoms with van der Waals surface area (Å²) in [6.45, 7) is 3.94. The summed E-state index contributed by atoms with van der Waals surface area (Å²) in [5.41, 5.74) is 1.40. The molecule has 0 spiro atoms. The highest BCUT2D eigenvalue weighted by Gasteiger charge is 2.18. The third kappa shape index (κ3) is 3.20. The Morgan fingerprint density at radius 2 is 2.21 bits per heavy atom. The molecule has 0 fully saturated rings. The minimum Gasteiger partial charge on any atom is -0.292 e. The molecule has 0 aliphatic carbocycles. The van der Waals surface area contributed by atoms with Gasteiger partial charge in [0.05, 0.1) is 11.2 Å². The quantitative estimate of drug-likeness (QED) is 0.788. The molecule has 0 aromatic carbocycles. The molecule has 0 aliphatic heterocycles. The number of carbonyl (C=O) groups is 1. The lowest BCUT2D eigenvalue weighted by molar-refractivity contribution is 0.0970. The molecule has 0 saturated heterocycles. The van der Waals surface area contributed by atoms with E-state index in [0.29, 0.717) is 23.6 Å². The van der Waals surface area contributed by atoms with Crippen LogP contribution in [0.4, 0.5) is 0 Å². The zero-order valence-electron chi connectivity index (χ0n) is 11.0. The van der Waals surface area contributed by atoms with Crippen LogP contribution in [0.1, 0.15) is 42.5 Å². The van der Waals surface area contributed by atoms with Crippen molar-refractivity contribution >= 4 is 17.4 Å². The molecule has 0 radical (unpaired) electrons. The van der Waals surface area contributed by atoms with Gasteiger partial charge in [0.2, 0.25) is 0 Å². The van der Waals surface area contributed by atoms with Gasteiger partial charge in [-0.3, -0.25) is 14.5 Å². The van der Waals surface area contributed by atoms with Crippen molar-refractivity contribution in [1.29, 1.82) is 0 Å². The summed E-state index contributed by atoms with van der Waals surface area (Å²) in [5.74, 6) is 0.00172. The molecular formula is C14H16ClN3O. The number of hydrogen-bond donors (Lipinski definition) is 0. The summed E-state index contributed by atoms with van der Waals surface area (Å²) in [6, 6.07) is 5.80. The van der Waals surface area contributed by atoms with Crippen LogP contribution in [0.5, 0.6) is 0 Å². The molecule has 0 amide bonds. The molecular weight excluding hydrogens is 262 g/mol. The van der Waals surface area contributed by atoms with E-state index in [1.807, 2.05) is 32.0 Å². The molecule has 0 bridgehead atoms. The molecule has 19 heavy (non-hydrogen) atoms. The van der Waals surface area contributed by atoms with Crippen LogP contribution in [0.3, 0.4) is 0 Å². The van der Waals surface area contributed by atoms with Gasteiger partial charge in [0.1, 0.15) is 5.69 Å². The first-order chi connectivity index (χ1) is 9.09. The van der Waals surface area contributed by atoms with Crippen molar-refractivity contribution in [2.75, 3.05) is 0 Å². The maximum absolute atomic E-state index is 12.3. The van der Waals surface area contributed by atoms with Crippen LogP contribution in [0.15, 0.2) is 30.6 Å². The third-order valence-corrected chi connectivity index (χ3v) is 3.12. The third-order valence-electron chi connectivity index (χ3n) is 2.84. The number of halogens is 1. The van der Waals surface area contributed by atoms with Crippen LogP contribution >= 0.6 is 11.6 Å². The van der Waals surface area contributed by atoms with E-state index in [1.165, 1.54) is 6.20 Å². The Labute approximate surface area is 117 Å². The van der Waals surface area contributed by atoms with E-state index in [1.54, 1.807) is 10.9 Å². The Morgan fingerprint density at radius 3 is 2.84 bits per heavy atom. The summed E-state index contributed by atoms with van der Waals surface area (Å²) >= 11 is 6.05. The summed E-state index contributed by atoms with van der Waals surface area (Å²) in [5, 5.41) is 4.56. The highest BCUT2D eigenvalue weighted by molar-refractivity contribution is 6.33. The van der Waals surface area contributed by atoms with E-state index in [4.69, 9.17) is 11.6 Å². The van der Waals surface area contributed by atoms with E-state index < -0.39 is 0 Å². The van der Waals surface area contributed by atoms with E-state index in [9.17, 15) is 4.79 Å². The predicted molar refractivity (Wildman–Crippen MR) is 74.5 cm³/mol. The number of rotatable bonds is 5. The summed E-state index contributed by atoms with van der Waals surface area (Å²) in [4.78, 5) is 16.5. The van der Waals surface area contributed by atoms with Crippen molar-refractivity contribution < 1.29 is 4.79 Å². The van der Waals surface area contributed by atoms with Gasteiger partial charge in [0, 0.05) is 24.4 Å². The lowest BCUT2D eigenvalue weighted by atomic mass is 10.1. The number of hydrogen-bond acceptors (Lipinski definition) is 3. The highest BCUT2D eigenvalue weighted by Crippen LogP contribution is 2.21. The summed E-state index contributed by atoms with van der Waals surface area (Å²) in [7, 11) is 0. The fourth-order valence-electron chi connectivity index (χ4n) is 1.90. The lowest BCUT2D eigenvalue weighted by Crippen LogP contribution is -2.13. The summed E-state index contributed by atoms with van der Waals surface area (Å²) < 4.78 is 1.67. The van der Waals surface area contributed by atoms with Gasteiger partial charge in [-0.2, -0.15) is 5.10 Å².